The Kier molecular flexibility index (Phi) is 11.3. The molecule has 2 aromatic heterocycles. The van der Waals surface area contributed by atoms with Crippen molar-refractivity contribution in [2.75, 3.05) is 0 Å². The molecule has 8 aromatic rings. The summed E-state index contributed by atoms with van der Waals surface area (Å²) < 4.78 is 1.85. The van der Waals surface area contributed by atoms with Crippen LogP contribution < -0.4 is 0 Å². The van der Waals surface area contributed by atoms with Crippen LogP contribution in [0.2, 0.25) is 0 Å². The number of fused-ring (bicyclic) bond motifs is 1. The molecule has 0 unspecified atom stereocenters. The van der Waals surface area contributed by atoms with Gasteiger partial charge in [-0.3, -0.25) is 4.68 Å². The first-order chi connectivity index (χ1) is 25.3. The molecule has 257 valence electrons. The molecule has 52 heavy (non-hydrogen) atoms. The van der Waals surface area contributed by atoms with E-state index < -0.39 is 0 Å². The van der Waals surface area contributed by atoms with Crippen molar-refractivity contribution in [3.05, 3.63) is 188 Å². The summed E-state index contributed by atoms with van der Waals surface area (Å²) in [6, 6.07) is 59.4. The second kappa shape index (κ2) is 16.7. The predicted molar refractivity (Wildman–Crippen MR) is 211 cm³/mol. The molecule has 1 saturated carbocycles. The van der Waals surface area contributed by atoms with E-state index in [0.29, 0.717) is 0 Å². The average molecular weight is 850 g/mol. The van der Waals surface area contributed by atoms with Crippen LogP contribution >= 0.6 is 0 Å². The Morgan fingerprint density at radius 3 is 1.92 bits per heavy atom. The van der Waals surface area contributed by atoms with E-state index in [2.05, 4.69) is 131 Å². The molecule has 1 aliphatic carbocycles. The molecule has 1 aliphatic rings. The van der Waals surface area contributed by atoms with E-state index in [9.17, 15) is 0 Å². The number of pyridine rings is 1. The first kappa shape index (κ1) is 35.0. The predicted octanol–water partition coefficient (Wildman–Crippen LogP) is 12.4. The molecule has 9 rings (SSSR count). The van der Waals surface area contributed by atoms with Crippen LogP contribution in [0.1, 0.15) is 43.6 Å². The number of hydrogen-bond acceptors (Lipinski definition) is 2. The maximum atomic E-state index is 4.66. The van der Waals surface area contributed by atoms with Crippen LogP contribution in [-0.2, 0) is 20.1 Å². The van der Waals surface area contributed by atoms with Crippen molar-refractivity contribution < 1.29 is 20.1 Å². The number of benzene rings is 6. The fourth-order valence-corrected chi connectivity index (χ4v) is 7.02. The zero-order chi connectivity index (χ0) is 34.2. The first-order valence-corrected chi connectivity index (χ1v) is 17.9. The van der Waals surface area contributed by atoms with Crippen LogP contribution in [0.4, 0.5) is 0 Å². The molecule has 0 amide bonds. The van der Waals surface area contributed by atoms with Gasteiger partial charge in [0.25, 0.3) is 0 Å². The monoisotopic (exact) mass is 850 g/mol. The Balaban J connectivity index is 0.000000162. The number of rotatable bonds is 6. The van der Waals surface area contributed by atoms with Gasteiger partial charge >= 0.3 is 0 Å². The van der Waals surface area contributed by atoms with Crippen molar-refractivity contribution in [1.82, 2.24) is 14.8 Å². The summed E-state index contributed by atoms with van der Waals surface area (Å²) in [5.74, 6) is 0.754. The molecule has 0 N–H and O–H groups in total. The van der Waals surface area contributed by atoms with Crippen LogP contribution in [0.3, 0.4) is 0 Å². The molecule has 6 aromatic carbocycles. The van der Waals surface area contributed by atoms with Crippen LogP contribution in [0.15, 0.2) is 170 Å². The van der Waals surface area contributed by atoms with Gasteiger partial charge in [0, 0.05) is 38.1 Å². The fraction of sp³-hybridized carbons (Fsp3) is 0.125. The Bertz CT molecular complexity index is 2320. The first-order valence-electron chi connectivity index (χ1n) is 17.9. The van der Waals surface area contributed by atoms with E-state index in [1.54, 1.807) is 0 Å². The van der Waals surface area contributed by atoms with Gasteiger partial charge in [-0.15, -0.1) is 41.5 Å². The van der Waals surface area contributed by atoms with E-state index >= 15 is 0 Å². The molecule has 0 bridgehead atoms. The van der Waals surface area contributed by atoms with Crippen LogP contribution in [0, 0.1) is 12.1 Å². The van der Waals surface area contributed by atoms with Gasteiger partial charge in [-0.1, -0.05) is 128 Å². The second-order valence-electron chi connectivity index (χ2n) is 13.2. The van der Waals surface area contributed by atoms with Crippen LogP contribution in [0.25, 0.3) is 61.1 Å². The normalized spacial score (nSPS) is 12.8. The molecule has 2 heterocycles. The molecule has 1 fully saturated rings. The summed E-state index contributed by atoms with van der Waals surface area (Å²) in [5.41, 5.74) is 11.6. The summed E-state index contributed by atoms with van der Waals surface area (Å²) in [4.78, 5) is 4.66. The van der Waals surface area contributed by atoms with Crippen LogP contribution in [0.5, 0.6) is 0 Å². The van der Waals surface area contributed by atoms with E-state index in [1.807, 2.05) is 65.7 Å². The third kappa shape index (κ3) is 8.21. The van der Waals surface area contributed by atoms with Crippen molar-refractivity contribution >= 4 is 10.8 Å². The van der Waals surface area contributed by atoms with Gasteiger partial charge in [-0.05, 0) is 68.7 Å². The number of para-hydroxylation sites is 1. The summed E-state index contributed by atoms with van der Waals surface area (Å²) in [5, 5.41) is 6.81. The molecule has 3 nitrogen and oxygen atoms in total. The van der Waals surface area contributed by atoms with Gasteiger partial charge in [-0.2, -0.15) is 29.4 Å². The molecule has 0 aliphatic heterocycles. The number of aromatic nitrogens is 3. The van der Waals surface area contributed by atoms with Crippen molar-refractivity contribution in [3.63, 3.8) is 0 Å². The van der Waals surface area contributed by atoms with Gasteiger partial charge in [0.1, 0.15) is 0 Å². The Hall–Kier alpha value is -5.41. The van der Waals surface area contributed by atoms with E-state index in [4.69, 9.17) is 0 Å². The molecule has 0 saturated heterocycles. The van der Waals surface area contributed by atoms with Crippen molar-refractivity contribution in [2.45, 2.75) is 38.0 Å². The fourth-order valence-electron chi connectivity index (χ4n) is 7.02. The topological polar surface area (TPSA) is 30.7 Å². The third-order valence-electron chi connectivity index (χ3n) is 9.88. The summed E-state index contributed by atoms with van der Waals surface area (Å²) in [6.45, 7) is 0. The minimum atomic E-state index is 0. The molecular weight excluding hydrogens is 811 g/mol. The quantitative estimate of drug-likeness (QED) is 0.156. The number of nitrogens with zero attached hydrogens (tertiary/aromatic N) is 3. The minimum Gasteiger partial charge on any atom is -0.304 e. The molecule has 1 radical (unpaired) electrons. The standard InChI is InChI=1S/C27H24N.C21H15N2.Ir/c1-2-7-20(8-3-1)21-13-15-22(16-14-21)23-11-6-12-25(17-23)27-18-24-9-4-5-10-26(24)19-28-27;1-3-7-17(8-4-1)18-11-13-19(14-12-18)20-15-22-23(16-20)21-9-5-2-6-10-21;/h4-6,9-11,13-20H,1-3,7-8H2;1-9,11-16H;/q2*-1;. The van der Waals surface area contributed by atoms with E-state index in [0.717, 1.165) is 34.0 Å². The average Bonchev–Trinajstić information content (AvgIpc) is 3.73. The van der Waals surface area contributed by atoms with Crippen molar-refractivity contribution in [2.24, 2.45) is 0 Å². The molecule has 0 atom stereocenters. The molecule has 4 heteroatoms. The Morgan fingerprint density at radius 2 is 1.17 bits per heavy atom. The Labute approximate surface area is 320 Å². The second-order valence-corrected chi connectivity index (χ2v) is 13.2. The summed E-state index contributed by atoms with van der Waals surface area (Å²) in [6.07, 6.45) is 12.7. The van der Waals surface area contributed by atoms with Gasteiger partial charge in [0.2, 0.25) is 0 Å². The van der Waals surface area contributed by atoms with Gasteiger partial charge in [0.05, 0.1) is 6.20 Å². The zero-order valence-electron chi connectivity index (χ0n) is 29.0. The SMILES string of the molecule is [Ir].[c-]1ccc(-c2ccc(C3CCCCC3)cc2)cc1-c1cc2ccccc2cn1.[c-]1ccccc1-n1cc(-c2ccc(-c3ccccc3)cc2)cn1. The Morgan fingerprint density at radius 1 is 0.519 bits per heavy atom. The van der Waals surface area contributed by atoms with Gasteiger partial charge < -0.3 is 4.98 Å². The summed E-state index contributed by atoms with van der Waals surface area (Å²) >= 11 is 0. The minimum absolute atomic E-state index is 0. The van der Waals surface area contributed by atoms with Crippen molar-refractivity contribution in [1.29, 1.82) is 0 Å². The van der Waals surface area contributed by atoms with Gasteiger partial charge in [-0.25, -0.2) is 0 Å². The van der Waals surface area contributed by atoms with Crippen molar-refractivity contribution in [3.8, 4) is 50.3 Å². The van der Waals surface area contributed by atoms with E-state index in [1.165, 1.54) is 70.7 Å². The third-order valence-corrected chi connectivity index (χ3v) is 9.88. The molecule has 0 spiro atoms. The summed E-state index contributed by atoms with van der Waals surface area (Å²) in [7, 11) is 0. The molecular formula is C48H39IrN3-2. The maximum absolute atomic E-state index is 4.66. The largest absolute Gasteiger partial charge is 0.304 e. The van der Waals surface area contributed by atoms with Gasteiger partial charge in [0.15, 0.2) is 0 Å². The maximum Gasteiger partial charge on any atom is 0.0571 e. The smallest absolute Gasteiger partial charge is 0.0571 e. The van der Waals surface area contributed by atoms with E-state index in [-0.39, 0.29) is 20.1 Å². The van der Waals surface area contributed by atoms with Crippen LogP contribution in [-0.4, -0.2) is 14.8 Å². The number of hydrogen-bond donors (Lipinski definition) is 0. The zero-order valence-corrected chi connectivity index (χ0v) is 31.3.